The second kappa shape index (κ2) is 4.95. The molecule has 0 aliphatic carbocycles. The second-order valence-corrected chi connectivity index (χ2v) is 4.04. The Balaban J connectivity index is 2.44. The summed E-state index contributed by atoms with van der Waals surface area (Å²) in [5.74, 6) is 0.648. The normalized spacial score (nSPS) is 13.4. The number of hydrogen-bond acceptors (Lipinski definition) is 3. The summed E-state index contributed by atoms with van der Waals surface area (Å²) in [7, 11) is 0. The average Bonchev–Trinajstić information content (AvgIpc) is 2.80. The summed E-state index contributed by atoms with van der Waals surface area (Å²) in [6.07, 6.45) is -3.53. The first-order chi connectivity index (χ1) is 8.93. The quantitative estimate of drug-likeness (QED) is 0.790. The lowest BCUT2D eigenvalue weighted by molar-refractivity contribution is -0.107. The minimum Gasteiger partial charge on any atom is -0.454 e. The van der Waals surface area contributed by atoms with Crippen LogP contribution in [0.4, 0.5) is 13.2 Å². The van der Waals surface area contributed by atoms with Gasteiger partial charge < -0.3 is 14.3 Å². The molecule has 6 heteroatoms. The van der Waals surface area contributed by atoms with E-state index in [0.29, 0.717) is 17.6 Å². The maximum atomic E-state index is 12.7. The van der Waals surface area contributed by atoms with E-state index < -0.39 is 11.7 Å². The molecule has 0 saturated heterocycles. The summed E-state index contributed by atoms with van der Waals surface area (Å²) >= 11 is 0. The van der Waals surface area contributed by atoms with Gasteiger partial charge >= 0.3 is 6.18 Å². The zero-order valence-corrected chi connectivity index (χ0v) is 9.92. The summed E-state index contributed by atoms with van der Waals surface area (Å²) < 4.78 is 48.4. The molecule has 3 nitrogen and oxygen atoms in total. The Bertz CT molecular complexity index is 521. The highest BCUT2D eigenvalue weighted by molar-refractivity contribution is 5.73. The molecular weight excluding hydrogens is 261 g/mol. The van der Waals surface area contributed by atoms with E-state index in [0.717, 1.165) is 0 Å². The molecule has 102 valence electrons. The molecule has 1 aliphatic rings. The number of ether oxygens (including phenoxy) is 2. The summed E-state index contributed by atoms with van der Waals surface area (Å²) in [5.41, 5.74) is -0.635. The van der Waals surface area contributed by atoms with E-state index in [4.69, 9.17) is 9.47 Å². The summed E-state index contributed by atoms with van der Waals surface area (Å²) in [4.78, 5) is 10.4. The Hall–Kier alpha value is -1.98. The maximum Gasteiger partial charge on any atom is 0.416 e. The lowest BCUT2D eigenvalue weighted by atomic mass is 9.96. The minimum absolute atomic E-state index is 0.0234. The zero-order chi connectivity index (χ0) is 14.0. The number of halogens is 3. The monoisotopic (exact) mass is 272 g/mol. The molecule has 0 saturated carbocycles. The highest BCUT2D eigenvalue weighted by Gasteiger charge is 2.35. The molecule has 1 aromatic rings. The third-order valence-corrected chi connectivity index (χ3v) is 2.80. The van der Waals surface area contributed by atoms with Crippen LogP contribution in [0.15, 0.2) is 18.7 Å². The van der Waals surface area contributed by atoms with E-state index >= 15 is 0 Å². The molecule has 0 unspecified atom stereocenters. The molecular formula is C13H11F3O3. The van der Waals surface area contributed by atoms with Gasteiger partial charge in [0.15, 0.2) is 11.5 Å². The fourth-order valence-corrected chi connectivity index (χ4v) is 1.84. The molecule has 0 radical (unpaired) electrons. The number of allylic oxidation sites excluding steroid dienone is 1. The van der Waals surface area contributed by atoms with Crippen LogP contribution in [0.25, 0.3) is 5.57 Å². The third-order valence-electron chi connectivity index (χ3n) is 2.80. The van der Waals surface area contributed by atoms with Crippen LogP contribution in [0, 0.1) is 0 Å². The van der Waals surface area contributed by atoms with Gasteiger partial charge in [-0.3, -0.25) is 0 Å². The SMILES string of the molecule is C=C(c1cc2c(cc1CCC=O)OCO2)C(F)(F)F. The zero-order valence-electron chi connectivity index (χ0n) is 9.92. The molecule has 0 spiro atoms. The van der Waals surface area contributed by atoms with Crippen LogP contribution in [0.1, 0.15) is 17.5 Å². The second-order valence-electron chi connectivity index (χ2n) is 4.04. The molecule has 0 bridgehead atoms. The van der Waals surface area contributed by atoms with Crippen LogP contribution in [0.5, 0.6) is 11.5 Å². The molecule has 1 heterocycles. The van der Waals surface area contributed by atoms with Crippen molar-refractivity contribution in [3.63, 3.8) is 0 Å². The Morgan fingerprint density at radius 3 is 2.53 bits per heavy atom. The van der Waals surface area contributed by atoms with Crippen molar-refractivity contribution in [2.75, 3.05) is 6.79 Å². The molecule has 0 atom stereocenters. The number of carbonyl (C=O) groups is 1. The Morgan fingerprint density at radius 1 is 1.32 bits per heavy atom. The minimum atomic E-state index is -4.52. The highest BCUT2D eigenvalue weighted by atomic mass is 19.4. The van der Waals surface area contributed by atoms with Gasteiger partial charge in [0.05, 0.1) is 5.57 Å². The van der Waals surface area contributed by atoms with Gasteiger partial charge in [-0.1, -0.05) is 6.58 Å². The van der Waals surface area contributed by atoms with E-state index in [1.165, 1.54) is 12.1 Å². The number of fused-ring (bicyclic) bond motifs is 1. The molecule has 0 N–H and O–H groups in total. The lowest BCUT2D eigenvalue weighted by Gasteiger charge is -2.15. The van der Waals surface area contributed by atoms with Crippen LogP contribution >= 0.6 is 0 Å². The number of benzene rings is 1. The standard InChI is InChI=1S/C13H11F3O3/c1-8(13(14,15)16)10-6-12-11(18-7-19-12)5-9(10)3-2-4-17/h4-6H,1-3,7H2. The van der Waals surface area contributed by atoms with Gasteiger partial charge in [-0.25, -0.2) is 0 Å². The van der Waals surface area contributed by atoms with Crippen LogP contribution in [0.3, 0.4) is 0 Å². The van der Waals surface area contributed by atoms with Gasteiger partial charge in [-0.15, -0.1) is 0 Å². The Kier molecular flexibility index (Phi) is 3.50. The summed E-state index contributed by atoms with van der Waals surface area (Å²) in [6, 6.07) is 2.73. The van der Waals surface area contributed by atoms with E-state index in [9.17, 15) is 18.0 Å². The fraction of sp³-hybridized carbons (Fsp3) is 0.308. The third kappa shape index (κ3) is 2.72. The largest absolute Gasteiger partial charge is 0.454 e. The molecule has 2 rings (SSSR count). The van der Waals surface area contributed by atoms with Crippen molar-refractivity contribution in [2.24, 2.45) is 0 Å². The fourth-order valence-electron chi connectivity index (χ4n) is 1.84. The van der Waals surface area contributed by atoms with Gasteiger partial charge in [0.1, 0.15) is 6.29 Å². The summed E-state index contributed by atoms with van der Waals surface area (Å²) in [5, 5.41) is 0. The van der Waals surface area contributed by atoms with Gasteiger partial charge in [0.25, 0.3) is 0 Å². The van der Waals surface area contributed by atoms with Gasteiger partial charge in [0.2, 0.25) is 6.79 Å². The van der Waals surface area contributed by atoms with E-state index in [2.05, 4.69) is 6.58 Å². The van der Waals surface area contributed by atoms with Crippen molar-refractivity contribution in [1.82, 2.24) is 0 Å². The van der Waals surface area contributed by atoms with Gasteiger partial charge in [-0.2, -0.15) is 13.2 Å². The maximum absolute atomic E-state index is 12.7. The number of rotatable bonds is 4. The van der Waals surface area contributed by atoms with Gasteiger partial charge in [-0.05, 0) is 29.7 Å². The van der Waals surface area contributed by atoms with Crippen molar-refractivity contribution in [3.8, 4) is 11.5 Å². The van der Waals surface area contributed by atoms with E-state index in [1.807, 2.05) is 0 Å². The smallest absolute Gasteiger partial charge is 0.416 e. The van der Waals surface area contributed by atoms with Crippen molar-refractivity contribution >= 4 is 11.9 Å². The molecule has 0 aromatic heterocycles. The molecule has 19 heavy (non-hydrogen) atoms. The van der Waals surface area contributed by atoms with Crippen LogP contribution in [0.2, 0.25) is 0 Å². The predicted molar refractivity (Wildman–Crippen MR) is 62.0 cm³/mol. The van der Waals surface area contributed by atoms with Crippen molar-refractivity contribution in [3.05, 3.63) is 29.8 Å². The molecule has 1 aromatic carbocycles. The molecule has 0 amide bonds. The number of aldehydes is 1. The van der Waals surface area contributed by atoms with Crippen molar-refractivity contribution in [1.29, 1.82) is 0 Å². The number of carbonyl (C=O) groups excluding carboxylic acids is 1. The summed E-state index contributed by atoms with van der Waals surface area (Å²) in [6.45, 7) is 3.06. The first kappa shape index (κ1) is 13.5. The van der Waals surface area contributed by atoms with Crippen molar-refractivity contribution < 1.29 is 27.4 Å². The van der Waals surface area contributed by atoms with Crippen molar-refractivity contribution in [2.45, 2.75) is 19.0 Å². The average molecular weight is 272 g/mol. The molecule has 0 fully saturated rings. The Morgan fingerprint density at radius 2 is 1.95 bits per heavy atom. The topological polar surface area (TPSA) is 35.5 Å². The predicted octanol–water partition coefficient (Wildman–Crippen LogP) is 3.12. The van der Waals surface area contributed by atoms with Crippen LogP contribution in [-0.2, 0) is 11.2 Å². The highest BCUT2D eigenvalue weighted by Crippen LogP contribution is 2.41. The first-order valence-electron chi connectivity index (χ1n) is 5.56. The Labute approximate surface area is 107 Å². The van der Waals surface area contributed by atoms with E-state index in [1.54, 1.807) is 0 Å². The molecule has 1 aliphatic heterocycles. The number of hydrogen-bond donors (Lipinski definition) is 0. The van der Waals surface area contributed by atoms with E-state index in [-0.39, 0.29) is 30.9 Å². The number of aryl methyl sites for hydroxylation is 1. The van der Waals surface area contributed by atoms with Gasteiger partial charge in [0, 0.05) is 6.42 Å². The van der Waals surface area contributed by atoms with Crippen LogP contribution < -0.4 is 9.47 Å². The number of alkyl halides is 3. The first-order valence-corrected chi connectivity index (χ1v) is 5.56. The van der Waals surface area contributed by atoms with Crippen LogP contribution in [-0.4, -0.2) is 19.3 Å². The lowest BCUT2D eigenvalue weighted by Crippen LogP contribution is -2.11.